The number of rotatable bonds is 6. The van der Waals surface area contributed by atoms with Crippen molar-refractivity contribution in [2.24, 2.45) is 0 Å². The van der Waals surface area contributed by atoms with Crippen molar-refractivity contribution in [3.63, 3.8) is 0 Å². The first-order valence-electron chi connectivity index (χ1n) is 5.99. The fourth-order valence-electron chi connectivity index (χ4n) is 1.99. The summed E-state index contributed by atoms with van der Waals surface area (Å²) in [7, 11) is 1.81. The summed E-state index contributed by atoms with van der Waals surface area (Å²) in [4.78, 5) is 1.45. The highest BCUT2D eigenvalue weighted by Gasteiger charge is 2.38. The zero-order valence-corrected chi connectivity index (χ0v) is 10.3. The van der Waals surface area contributed by atoms with Gasteiger partial charge < -0.3 is 9.73 Å². The minimum atomic E-state index is -4.15. The highest BCUT2D eigenvalue weighted by Crippen LogP contribution is 2.31. The molecule has 2 rings (SSSR count). The molecule has 0 radical (unpaired) electrons. The summed E-state index contributed by atoms with van der Waals surface area (Å²) in [5, 5.41) is 2.97. The Morgan fingerprint density at radius 1 is 1.44 bits per heavy atom. The van der Waals surface area contributed by atoms with E-state index < -0.39 is 12.7 Å². The third kappa shape index (κ3) is 4.03. The van der Waals surface area contributed by atoms with Crippen LogP contribution in [0.2, 0.25) is 0 Å². The zero-order chi connectivity index (χ0) is 13.2. The molecule has 102 valence electrons. The second-order valence-corrected chi connectivity index (χ2v) is 4.70. The lowest BCUT2D eigenvalue weighted by atomic mass is 10.3. The van der Waals surface area contributed by atoms with Crippen LogP contribution in [-0.2, 0) is 13.1 Å². The van der Waals surface area contributed by atoms with E-state index in [-0.39, 0.29) is 12.6 Å². The molecule has 6 heteroatoms. The van der Waals surface area contributed by atoms with Crippen molar-refractivity contribution >= 4 is 0 Å². The molecule has 0 spiro atoms. The number of hydrogen-bond acceptors (Lipinski definition) is 3. The first-order chi connectivity index (χ1) is 8.48. The van der Waals surface area contributed by atoms with Crippen LogP contribution in [0.15, 0.2) is 16.7 Å². The Kier molecular flexibility index (Phi) is 3.97. The van der Waals surface area contributed by atoms with Gasteiger partial charge in [0, 0.05) is 18.2 Å². The standard InChI is InChI=1S/C12H17F3N2O/c1-16-5-9-4-11(18-7-9)6-17(10-2-3-10)8-12(13,14)15/h4,7,10,16H,2-3,5-6,8H2,1H3. The number of nitrogens with zero attached hydrogens (tertiary/aromatic N) is 1. The zero-order valence-electron chi connectivity index (χ0n) is 10.3. The van der Waals surface area contributed by atoms with Crippen LogP contribution in [0.4, 0.5) is 13.2 Å². The molecule has 0 saturated heterocycles. The molecule has 0 bridgehead atoms. The van der Waals surface area contributed by atoms with Crippen molar-refractivity contribution in [2.45, 2.75) is 38.1 Å². The summed E-state index contributed by atoms with van der Waals surface area (Å²) in [5.41, 5.74) is 0.954. The minimum absolute atomic E-state index is 0.0597. The molecule has 18 heavy (non-hydrogen) atoms. The molecule has 0 unspecified atom stereocenters. The first-order valence-corrected chi connectivity index (χ1v) is 5.99. The fraction of sp³-hybridized carbons (Fsp3) is 0.667. The average molecular weight is 262 g/mol. The van der Waals surface area contributed by atoms with Crippen LogP contribution in [0.1, 0.15) is 24.2 Å². The lowest BCUT2D eigenvalue weighted by Gasteiger charge is -2.22. The van der Waals surface area contributed by atoms with Gasteiger partial charge in [0.25, 0.3) is 0 Å². The second-order valence-electron chi connectivity index (χ2n) is 4.70. The van der Waals surface area contributed by atoms with Crippen molar-refractivity contribution in [1.82, 2.24) is 10.2 Å². The predicted molar refractivity (Wildman–Crippen MR) is 61.0 cm³/mol. The smallest absolute Gasteiger partial charge is 0.401 e. The number of nitrogens with one attached hydrogen (secondary N) is 1. The Balaban J connectivity index is 1.95. The number of furan rings is 1. The SMILES string of the molecule is CNCc1coc(CN(CC(F)(F)F)C2CC2)c1. The molecule has 1 fully saturated rings. The van der Waals surface area contributed by atoms with E-state index in [2.05, 4.69) is 5.32 Å². The maximum absolute atomic E-state index is 12.4. The van der Waals surface area contributed by atoms with Crippen LogP contribution in [-0.4, -0.2) is 30.7 Å². The van der Waals surface area contributed by atoms with E-state index in [0.29, 0.717) is 12.3 Å². The molecule has 0 aromatic carbocycles. The quantitative estimate of drug-likeness (QED) is 0.854. The molecular formula is C12H17F3N2O. The van der Waals surface area contributed by atoms with Crippen molar-refractivity contribution in [2.75, 3.05) is 13.6 Å². The minimum Gasteiger partial charge on any atom is -0.468 e. The van der Waals surface area contributed by atoms with Gasteiger partial charge in [0.2, 0.25) is 0 Å². The number of halogens is 3. The Morgan fingerprint density at radius 3 is 2.72 bits per heavy atom. The number of alkyl halides is 3. The first kappa shape index (κ1) is 13.4. The molecule has 3 nitrogen and oxygen atoms in total. The Morgan fingerprint density at radius 2 is 2.17 bits per heavy atom. The summed E-state index contributed by atoms with van der Waals surface area (Å²) in [5.74, 6) is 0.594. The van der Waals surface area contributed by atoms with Crippen molar-refractivity contribution in [3.8, 4) is 0 Å². The van der Waals surface area contributed by atoms with Crippen LogP contribution in [0.5, 0.6) is 0 Å². The molecule has 1 aromatic rings. The molecule has 1 heterocycles. The van der Waals surface area contributed by atoms with Crippen LogP contribution in [0.3, 0.4) is 0 Å². The van der Waals surface area contributed by atoms with Crippen LogP contribution in [0.25, 0.3) is 0 Å². The number of hydrogen-bond donors (Lipinski definition) is 1. The maximum Gasteiger partial charge on any atom is 0.401 e. The van der Waals surface area contributed by atoms with Crippen LogP contribution < -0.4 is 5.32 Å². The Bertz CT molecular complexity index is 385. The van der Waals surface area contributed by atoms with Gasteiger partial charge in [-0.15, -0.1) is 0 Å². The monoisotopic (exact) mass is 262 g/mol. The third-order valence-electron chi connectivity index (χ3n) is 2.89. The molecule has 0 amide bonds. The van der Waals surface area contributed by atoms with Gasteiger partial charge in [0.15, 0.2) is 0 Å². The van der Waals surface area contributed by atoms with E-state index in [0.717, 1.165) is 18.4 Å². The molecule has 1 aliphatic rings. The lowest BCUT2D eigenvalue weighted by molar-refractivity contribution is -0.148. The largest absolute Gasteiger partial charge is 0.468 e. The van der Waals surface area contributed by atoms with Crippen molar-refractivity contribution in [1.29, 1.82) is 0 Å². The van der Waals surface area contributed by atoms with Crippen molar-refractivity contribution < 1.29 is 17.6 Å². The van der Waals surface area contributed by atoms with Gasteiger partial charge >= 0.3 is 6.18 Å². The topological polar surface area (TPSA) is 28.4 Å². The van der Waals surface area contributed by atoms with Gasteiger partial charge in [-0.05, 0) is 26.0 Å². The maximum atomic E-state index is 12.4. The van der Waals surface area contributed by atoms with Gasteiger partial charge in [0.05, 0.1) is 19.4 Å². The fourth-order valence-corrected chi connectivity index (χ4v) is 1.99. The summed E-state index contributed by atoms with van der Waals surface area (Å²) in [6.45, 7) is 0.0276. The average Bonchev–Trinajstić information content (AvgIpc) is 3.00. The molecular weight excluding hydrogens is 245 g/mol. The van der Waals surface area contributed by atoms with Gasteiger partial charge in [-0.2, -0.15) is 13.2 Å². The normalized spacial score (nSPS) is 16.5. The molecule has 0 atom stereocenters. The van der Waals surface area contributed by atoms with E-state index in [1.54, 1.807) is 6.26 Å². The lowest BCUT2D eigenvalue weighted by Crippen LogP contribution is -2.35. The van der Waals surface area contributed by atoms with Gasteiger partial charge in [0.1, 0.15) is 5.76 Å². The van der Waals surface area contributed by atoms with E-state index >= 15 is 0 Å². The van der Waals surface area contributed by atoms with E-state index in [1.807, 2.05) is 13.1 Å². The highest BCUT2D eigenvalue weighted by molar-refractivity contribution is 5.13. The molecule has 1 saturated carbocycles. The summed E-state index contributed by atoms with van der Waals surface area (Å²) < 4.78 is 42.6. The van der Waals surface area contributed by atoms with E-state index in [9.17, 15) is 13.2 Å². The molecule has 0 aliphatic heterocycles. The molecule has 1 aromatic heterocycles. The van der Waals surface area contributed by atoms with Gasteiger partial charge in [-0.1, -0.05) is 0 Å². The molecule has 1 aliphatic carbocycles. The Labute approximate surface area is 104 Å². The van der Waals surface area contributed by atoms with Gasteiger partial charge in [-0.3, -0.25) is 4.90 Å². The summed E-state index contributed by atoms with van der Waals surface area (Å²) in [6.07, 6.45) is -0.867. The third-order valence-corrected chi connectivity index (χ3v) is 2.89. The van der Waals surface area contributed by atoms with E-state index in [1.165, 1.54) is 4.90 Å². The van der Waals surface area contributed by atoms with Gasteiger partial charge in [-0.25, -0.2) is 0 Å². The molecule has 1 N–H and O–H groups in total. The predicted octanol–water partition coefficient (Wildman–Crippen LogP) is 2.53. The summed E-state index contributed by atoms with van der Waals surface area (Å²) in [6, 6.07) is 1.87. The van der Waals surface area contributed by atoms with E-state index in [4.69, 9.17) is 4.42 Å². The Hall–Kier alpha value is -1.01. The van der Waals surface area contributed by atoms with Crippen LogP contribution in [0, 0.1) is 0 Å². The summed E-state index contributed by atoms with van der Waals surface area (Å²) >= 11 is 0. The van der Waals surface area contributed by atoms with Crippen molar-refractivity contribution in [3.05, 3.63) is 23.7 Å². The van der Waals surface area contributed by atoms with Crippen LogP contribution >= 0.6 is 0 Å². The highest BCUT2D eigenvalue weighted by atomic mass is 19.4. The second kappa shape index (κ2) is 5.32.